The molecule has 0 radical (unpaired) electrons. The number of hydrogen-bond acceptors (Lipinski definition) is 4. The molecule has 0 heterocycles. The second kappa shape index (κ2) is 8.14. The molecular formula is C15H24N2O4S. The fourth-order valence-corrected chi connectivity index (χ4v) is 3.14. The molecule has 1 rings (SSSR count). The SMILES string of the molecule is CCCCN(C)C(=O)CNS(=O)(=O)c1ccc(OC)cc1C. The van der Waals surface area contributed by atoms with Crippen LogP contribution in [0, 0.1) is 6.92 Å². The number of nitrogens with zero attached hydrogens (tertiary/aromatic N) is 1. The topological polar surface area (TPSA) is 75.7 Å². The lowest BCUT2D eigenvalue weighted by molar-refractivity contribution is -0.128. The number of methoxy groups -OCH3 is 1. The summed E-state index contributed by atoms with van der Waals surface area (Å²) in [5.74, 6) is 0.343. The Balaban J connectivity index is 2.74. The molecule has 0 aromatic heterocycles. The van der Waals surface area contributed by atoms with E-state index in [-0.39, 0.29) is 17.3 Å². The van der Waals surface area contributed by atoms with E-state index in [1.165, 1.54) is 18.1 Å². The highest BCUT2D eigenvalue weighted by Gasteiger charge is 2.19. The van der Waals surface area contributed by atoms with Crippen LogP contribution in [0.15, 0.2) is 23.1 Å². The first-order chi connectivity index (χ1) is 10.3. The zero-order chi connectivity index (χ0) is 16.8. The standard InChI is InChI=1S/C15H24N2O4S/c1-5-6-9-17(3)15(18)11-16-22(19,20)14-8-7-13(21-4)10-12(14)2/h7-8,10,16H,5-6,9,11H2,1-4H3. The molecule has 0 saturated carbocycles. The Kier molecular flexibility index (Phi) is 6.83. The molecule has 0 saturated heterocycles. The second-order valence-electron chi connectivity index (χ2n) is 5.12. The summed E-state index contributed by atoms with van der Waals surface area (Å²) in [6.07, 6.45) is 1.88. The number of carbonyl (C=O) groups is 1. The number of ether oxygens (including phenoxy) is 1. The van der Waals surface area contributed by atoms with Crippen molar-refractivity contribution in [2.24, 2.45) is 0 Å². The van der Waals surface area contributed by atoms with Crippen LogP contribution in [0.4, 0.5) is 0 Å². The summed E-state index contributed by atoms with van der Waals surface area (Å²) in [6, 6.07) is 4.70. The molecule has 1 N–H and O–H groups in total. The molecule has 6 nitrogen and oxygen atoms in total. The molecule has 22 heavy (non-hydrogen) atoms. The Labute approximate surface area is 132 Å². The molecule has 0 aliphatic carbocycles. The van der Waals surface area contributed by atoms with Gasteiger partial charge in [-0.2, -0.15) is 0 Å². The van der Waals surface area contributed by atoms with E-state index in [9.17, 15) is 13.2 Å². The van der Waals surface area contributed by atoms with Gasteiger partial charge in [-0.05, 0) is 37.1 Å². The van der Waals surface area contributed by atoms with Gasteiger partial charge in [0.15, 0.2) is 0 Å². The van der Waals surface area contributed by atoms with Crippen LogP contribution in [0.25, 0.3) is 0 Å². The number of rotatable bonds is 8. The Hall–Kier alpha value is -1.60. The van der Waals surface area contributed by atoms with Crippen molar-refractivity contribution in [3.8, 4) is 5.75 Å². The third kappa shape index (κ3) is 4.99. The number of sulfonamides is 1. The maximum absolute atomic E-state index is 12.3. The monoisotopic (exact) mass is 328 g/mol. The predicted octanol–water partition coefficient (Wildman–Crippen LogP) is 1.54. The molecule has 7 heteroatoms. The van der Waals surface area contributed by atoms with Gasteiger partial charge in [0, 0.05) is 13.6 Å². The maximum Gasteiger partial charge on any atom is 0.241 e. The Bertz CT molecular complexity index is 614. The Morgan fingerprint density at radius 1 is 1.36 bits per heavy atom. The number of unbranched alkanes of at least 4 members (excludes halogenated alkanes) is 1. The number of benzene rings is 1. The van der Waals surface area contributed by atoms with E-state index < -0.39 is 10.0 Å². The van der Waals surface area contributed by atoms with Gasteiger partial charge >= 0.3 is 0 Å². The molecule has 1 aromatic rings. The predicted molar refractivity (Wildman–Crippen MR) is 85.5 cm³/mol. The van der Waals surface area contributed by atoms with Crippen molar-refractivity contribution >= 4 is 15.9 Å². The van der Waals surface area contributed by atoms with Gasteiger partial charge in [-0.15, -0.1) is 0 Å². The summed E-state index contributed by atoms with van der Waals surface area (Å²) in [7, 11) is -0.527. The van der Waals surface area contributed by atoms with Crippen LogP contribution in [0.1, 0.15) is 25.3 Å². The van der Waals surface area contributed by atoms with Crippen molar-refractivity contribution in [3.63, 3.8) is 0 Å². The highest BCUT2D eigenvalue weighted by atomic mass is 32.2. The fourth-order valence-electron chi connectivity index (χ4n) is 1.94. The lowest BCUT2D eigenvalue weighted by atomic mass is 10.2. The minimum atomic E-state index is -3.72. The highest BCUT2D eigenvalue weighted by molar-refractivity contribution is 7.89. The fraction of sp³-hybridized carbons (Fsp3) is 0.533. The minimum Gasteiger partial charge on any atom is -0.497 e. The summed E-state index contributed by atoms with van der Waals surface area (Å²) in [5.41, 5.74) is 0.568. The largest absolute Gasteiger partial charge is 0.497 e. The average Bonchev–Trinajstić information content (AvgIpc) is 2.49. The van der Waals surface area contributed by atoms with E-state index in [0.717, 1.165) is 12.8 Å². The van der Waals surface area contributed by atoms with E-state index in [1.54, 1.807) is 26.1 Å². The van der Waals surface area contributed by atoms with Crippen molar-refractivity contribution in [1.29, 1.82) is 0 Å². The molecule has 1 amide bonds. The van der Waals surface area contributed by atoms with Gasteiger partial charge in [0.05, 0.1) is 18.6 Å². The smallest absolute Gasteiger partial charge is 0.241 e. The minimum absolute atomic E-state index is 0.150. The molecule has 124 valence electrons. The number of carbonyl (C=O) groups excluding carboxylic acids is 1. The summed E-state index contributed by atoms with van der Waals surface area (Å²) >= 11 is 0. The number of amides is 1. The van der Waals surface area contributed by atoms with E-state index in [4.69, 9.17) is 4.74 Å². The second-order valence-corrected chi connectivity index (χ2v) is 6.86. The summed E-state index contributed by atoms with van der Waals surface area (Å²) in [4.78, 5) is 13.6. The van der Waals surface area contributed by atoms with Crippen LogP contribution in [0.5, 0.6) is 5.75 Å². The number of aryl methyl sites for hydroxylation is 1. The summed E-state index contributed by atoms with van der Waals surface area (Å²) in [6.45, 7) is 4.10. The van der Waals surface area contributed by atoms with E-state index in [2.05, 4.69) is 4.72 Å². The van der Waals surface area contributed by atoms with Crippen LogP contribution in [-0.2, 0) is 14.8 Å². The van der Waals surface area contributed by atoms with Crippen molar-refractivity contribution in [2.45, 2.75) is 31.6 Å². The summed E-state index contributed by atoms with van der Waals surface area (Å²) < 4.78 is 31.9. The zero-order valence-corrected chi connectivity index (χ0v) is 14.4. The molecule has 0 unspecified atom stereocenters. The van der Waals surface area contributed by atoms with Crippen molar-refractivity contribution in [1.82, 2.24) is 9.62 Å². The molecule has 0 atom stereocenters. The van der Waals surface area contributed by atoms with Crippen LogP contribution < -0.4 is 9.46 Å². The lowest BCUT2D eigenvalue weighted by Crippen LogP contribution is -2.38. The number of hydrogen-bond donors (Lipinski definition) is 1. The number of likely N-dealkylation sites (N-methyl/N-ethyl adjacent to an activating group) is 1. The third-order valence-electron chi connectivity index (χ3n) is 3.36. The van der Waals surface area contributed by atoms with Gasteiger partial charge in [-0.3, -0.25) is 4.79 Å². The zero-order valence-electron chi connectivity index (χ0n) is 13.5. The van der Waals surface area contributed by atoms with Gasteiger partial charge in [0.25, 0.3) is 0 Å². The first-order valence-electron chi connectivity index (χ1n) is 7.20. The molecule has 0 bridgehead atoms. The molecule has 0 spiro atoms. The van der Waals surface area contributed by atoms with Crippen LogP contribution >= 0.6 is 0 Å². The molecule has 0 fully saturated rings. The summed E-state index contributed by atoms with van der Waals surface area (Å²) in [5, 5.41) is 0. The van der Waals surface area contributed by atoms with Gasteiger partial charge < -0.3 is 9.64 Å². The number of nitrogens with one attached hydrogen (secondary N) is 1. The van der Waals surface area contributed by atoms with Crippen molar-refractivity contribution in [2.75, 3.05) is 27.2 Å². The van der Waals surface area contributed by atoms with Gasteiger partial charge in [0.1, 0.15) is 5.75 Å². The van der Waals surface area contributed by atoms with Crippen molar-refractivity contribution in [3.05, 3.63) is 23.8 Å². The van der Waals surface area contributed by atoms with E-state index in [0.29, 0.717) is 17.9 Å². The first-order valence-corrected chi connectivity index (χ1v) is 8.68. The van der Waals surface area contributed by atoms with Crippen LogP contribution in [0.2, 0.25) is 0 Å². The quantitative estimate of drug-likeness (QED) is 0.785. The van der Waals surface area contributed by atoms with Gasteiger partial charge in [-0.1, -0.05) is 13.3 Å². The normalized spacial score (nSPS) is 11.3. The maximum atomic E-state index is 12.3. The Morgan fingerprint density at radius 2 is 2.05 bits per heavy atom. The molecular weight excluding hydrogens is 304 g/mol. The van der Waals surface area contributed by atoms with Gasteiger partial charge in [0.2, 0.25) is 15.9 Å². The molecule has 0 aliphatic rings. The molecule has 1 aromatic carbocycles. The van der Waals surface area contributed by atoms with Crippen molar-refractivity contribution < 1.29 is 17.9 Å². The highest BCUT2D eigenvalue weighted by Crippen LogP contribution is 2.20. The van der Waals surface area contributed by atoms with Crippen LogP contribution in [-0.4, -0.2) is 46.5 Å². The molecule has 0 aliphatic heterocycles. The average molecular weight is 328 g/mol. The van der Waals surface area contributed by atoms with E-state index >= 15 is 0 Å². The van der Waals surface area contributed by atoms with E-state index in [1.807, 2.05) is 6.92 Å². The van der Waals surface area contributed by atoms with Crippen LogP contribution in [0.3, 0.4) is 0 Å². The third-order valence-corrected chi connectivity index (χ3v) is 4.92. The Morgan fingerprint density at radius 3 is 2.59 bits per heavy atom. The first kappa shape index (κ1) is 18.4. The lowest BCUT2D eigenvalue weighted by Gasteiger charge is -2.17. The van der Waals surface area contributed by atoms with Gasteiger partial charge in [-0.25, -0.2) is 13.1 Å².